The van der Waals surface area contributed by atoms with Crippen LogP contribution in [0, 0.1) is 5.82 Å². The maximum atomic E-state index is 12.8. The second-order valence-corrected chi connectivity index (χ2v) is 4.87. The molecular formula is C13H9ClF4N4O2. The second-order valence-electron chi connectivity index (χ2n) is 4.49. The zero-order valence-electron chi connectivity index (χ0n) is 11.9. The number of alkyl halides is 3. The van der Waals surface area contributed by atoms with Gasteiger partial charge in [-0.15, -0.1) is 0 Å². The van der Waals surface area contributed by atoms with Crippen LogP contribution in [0.5, 0.6) is 0 Å². The number of aromatic nitrogens is 2. The van der Waals surface area contributed by atoms with Gasteiger partial charge in [0.25, 0.3) is 0 Å². The number of aryl methyl sites for hydroxylation is 1. The maximum Gasteiger partial charge on any atom is 0.436 e. The van der Waals surface area contributed by atoms with Crippen molar-refractivity contribution in [3.8, 4) is 0 Å². The van der Waals surface area contributed by atoms with Gasteiger partial charge in [0.05, 0.1) is 0 Å². The number of benzene rings is 1. The van der Waals surface area contributed by atoms with Gasteiger partial charge in [0.2, 0.25) is 0 Å². The zero-order valence-corrected chi connectivity index (χ0v) is 12.7. The van der Waals surface area contributed by atoms with E-state index in [9.17, 15) is 22.4 Å². The van der Waals surface area contributed by atoms with Crippen LogP contribution in [0.15, 0.2) is 29.4 Å². The van der Waals surface area contributed by atoms with Crippen molar-refractivity contribution in [2.75, 3.05) is 0 Å². The summed E-state index contributed by atoms with van der Waals surface area (Å²) in [6, 6.07) is 4.77. The van der Waals surface area contributed by atoms with Gasteiger partial charge in [-0.2, -0.15) is 18.3 Å². The van der Waals surface area contributed by atoms with E-state index in [0.717, 1.165) is 19.2 Å². The molecule has 0 saturated carbocycles. The molecule has 1 aromatic carbocycles. The van der Waals surface area contributed by atoms with Crippen molar-refractivity contribution in [2.24, 2.45) is 17.9 Å². The molecule has 2 N–H and O–H groups in total. The molecule has 0 atom stereocenters. The molecule has 0 radical (unpaired) electrons. The Bertz CT molecular complexity index is 800. The summed E-state index contributed by atoms with van der Waals surface area (Å²) in [5.41, 5.74) is 3.72. The fourth-order valence-electron chi connectivity index (χ4n) is 1.71. The van der Waals surface area contributed by atoms with Crippen molar-refractivity contribution < 1.29 is 27.2 Å². The molecule has 0 spiro atoms. The molecule has 2 aromatic rings. The molecule has 2 rings (SSSR count). The van der Waals surface area contributed by atoms with E-state index in [-0.39, 0.29) is 11.4 Å². The summed E-state index contributed by atoms with van der Waals surface area (Å²) in [5, 5.41) is 5.52. The lowest BCUT2D eigenvalue weighted by molar-refractivity contribution is -0.141. The number of carbonyl (C=O) groups is 1. The third kappa shape index (κ3) is 3.65. The van der Waals surface area contributed by atoms with Gasteiger partial charge in [0.15, 0.2) is 17.2 Å². The van der Waals surface area contributed by atoms with E-state index in [0.29, 0.717) is 4.68 Å². The lowest BCUT2D eigenvalue weighted by Crippen LogP contribution is -2.16. The monoisotopic (exact) mass is 364 g/mol. The van der Waals surface area contributed by atoms with Crippen LogP contribution < -0.4 is 5.73 Å². The Morgan fingerprint density at radius 3 is 2.42 bits per heavy atom. The van der Waals surface area contributed by atoms with Crippen molar-refractivity contribution in [3.05, 3.63) is 52.1 Å². The highest BCUT2D eigenvalue weighted by Crippen LogP contribution is 2.35. The number of halogens is 5. The van der Waals surface area contributed by atoms with Crippen molar-refractivity contribution >= 4 is 23.4 Å². The van der Waals surface area contributed by atoms with Gasteiger partial charge < -0.3 is 10.6 Å². The molecule has 0 amide bonds. The minimum atomic E-state index is -4.83. The van der Waals surface area contributed by atoms with Gasteiger partial charge in [-0.05, 0) is 24.3 Å². The maximum absolute atomic E-state index is 12.8. The van der Waals surface area contributed by atoms with Crippen LogP contribution in [-0.2, 0) is 18.1 Å². The molecule has 24 heavy (non-hydrogen) atoms. The summed E-state index contributed by atoms with van der Waals surface area (Å²) in [6.45, 7) is 0. The predicted molar refractivity (Wildman–Crippen MR) is 75.8 cm³/mol. The second kappa shape index (κ2) is 6.48. The van der Waals surface area contributed by atoms with Crippen LogP contribution in [-0.4, -0.2) is 21.6 Å². The van der Waals surface area contributed by atoms with Crippen LogP contribution in [0.4, 0.5) is 17.6 Å². The van der Waals surface area contributed by atoms with E-state index in [2.05, 4.69) is 15.1 Å². The Morgan fingerprint density at radius 1 is 1.33 bits per heavy atom. The zero-order chi connectivity index (χ0) is 18.1. The number of hydrogen-bond donors (Lipinski definition) is 1. The van der Waals surface area contributed by atoms with Gasteiger partial charge in [-0.25, -0.2) is 9.18 Å². The third-order valence-corrected chi connectivity index (χ3v) is 3.18. The van der Waals surface area contributed by atoms with E-state index >= 15 is 0 Å². The molecule has 0 bridgehead atoms. The predicted octanol–water partition coefficient (Wildman–Crippen LogP) is 2.71. The van der Waals surface area contributed by atoms with Gasteiger partial charge >= 0.3 is 12.1 Å². The molecule has 0 aliphatic rings. The molecule has 0 aliphatic heterocycles. The van der Waals surface area contributed by atoms with E-state index < -0.39 is 34.4 Å². The van der Waals surface area contributed by atoms with Crippen LogP contribution in [0.2, 0.25) is 5.02 Å². The number of rotatable bonds is 3. The van der Waals surface area contributed by atoms with Crippen molar-refractivity contribution in [2.45, 2.75) is 6.18 Å². The van der Waals surface area contributed by atoms with Crippen molar-refractivity contribution in [1.29, 1.82) is 0 Å². The Labute approximate surface area is 137 Å². The summed E-state index contributed by atoms with van der Waals surface area (Å²) >= 11 is 5.53. The molecular weight excluding hydrogens is 356 g/mol. The Balaban J connectivity index is 2.23. The smallest absolute Gasteiger partial charge is 0.380 e. The summed E-state index contributed by atoms with van der Waals surface area (Å²) in [7, 11) is 1.09. The highest BCUT2D eigenvalue weighted by Gasteiger charge is 2.40. The quantitative estimate of drug-likeness (QED) is 0.298. The molecule has 0 aliphatic carbocycles. The number of nitrogens with zero attached hydrogens (tertiary/aromatic N) is 3. The van der Waals surface area contributed by atoms with Crippen molar-refractivity contribution in [1.82, 2.24) is 9.78 Å². The number of nitrogens with two attached hydrogens (primary N) is 1. The minimum absolute atomic E-state index is 0.247. The summed E-state index contributed by atoms with van der Waals surface area (Å²) in [5.74, 6) is -2.07. The standard InChI is InChI=1S/C13H9ClF4N4O2/c1-22-9(8(14)10(20-22)13(16,17)18)12(23)24-21-11(19)6-2-4-7(15)5-3-6/h2-5H,1H3,(H2,19,21). The summed E-state index contributed by atoms with van der Waals surface area (Å²) < 4.78 is 51.5. The molecule has 6 nitrogen and oxygen atoms in total. The molecule has 128 valence electrons. The summed E-state index contributed by atoms with van der Waals surface area (Å²) in [4.78, 5) is 16.3. The Hall–Kier alpha value is -2.62. The number of carbonyl (C=O) groups excluding carboxylic acids is 1. The van der Waals surface area contributed by atoms with Gasteiger partial charge in [-0.3, -0.25) is 4.68 Å². The van der Waals surface area contributed by atoms with Crippen LogP contribution in [0.3, 0.4) is 0 Å². The van der Waals surface area contributed by atoms with Gasteiger partial charge in [0.1, 0.15) is 10.8 Å². The first-order chi connectivity index (χ1) is 11.1. The fraction of sp³-hybridized carbons (Fsp3) is 0.154. The normalized spacial score (nSPS) is 12.3. The molecule has 11 heteroatoms. The lowest BCUT2D eigenvalue weighted by atomic mass is 10.2. The number of oxime groups is 1. The first kappa shape index (κ1) is 17.7. The minimum Gasteiger partial charge on any atom is -0.380 e. The summed E-state index contributed by atoms with van der Waals surface area (Å²) in [6.07, 6.45) is -4.83. The van der Waals surface area contributed by atoms with Gasteiger partial charge in [0, 0.05) is 12.6 Å². The molecule has 0 unspecified atom stereocenters. The Kier molecular flexibility index (Phi) is 4.78. The fourth-order valence-corrected chi connectivity index (χ4v) is 2.05. The van der Waals surface area contributed by atoms with Gasteiger partial charge in [-0.1, -0.05) is 16.8 Å². The largest absolute Gasteiger partial charge is 0.436 e. The van der Waals surface area contributed by atoms with E-state index in [1.54, 1.807) is 0 Å². The molecule has 0 saturated heterocycles. The average molecular weight is 365 g/mol. The van der Waals surface area contributed by atoms with Crippen molar-refractivity contribution in [3.63, 3.8) is 0 Å². The first-order valence-electron chi connectivity index (χ1n) is 6.21. The van der Waals surface area contributed by atoms with Crippen LogP contribution in [0.1, 0.15) is 21.7 Å². The highest BCUT2D eigenvalue weighted by molar-refractivity contribution is 6.34. The van der Waals surface area contributed by atoms with Crippen LogP contribution in [0.25, 0.3) is 0 Å². The topological polar surface area (TPSA) is 82.5 Å². The lowest BCUT2D eigenvalue weighted by Gasteiger charge is -2.02. The third-order valence-electron chi connectivity index (χ3n) is 2.82. The SMILES string of the molecule is Cn1nc(C(F)(F)F)c(Cl)c1C(=O)O/N=C(\N)c1ccc(F)cc1. The van der Waals surface area contributed by atoms with E-state index in [1.165, 1.54) is 12.1 Å². The molecule has 1 heterocycles. The van der Waals surface area contributed by atoms with E-state index in [1.807, 2.05) is 0 Å². The number of amidine groups is 1. The number of hydrogen-bond acceptors (Lipinski definition) is 4. The molecule has 0 fully saturated rings. The highest BCUT2D eigenvalue weighted by atomic mass is 35.5. The molecule has 1 aromatic heterocycles. The Morgan fingerprint density at radius 2 is 1.92 bits per heavy atom. The first-order valence-corrected chi connectivity index (χ1v) is 6.59. The average Bonchev–Trinajstić information content (AvgIpc) is 2.80. The van der Waals surface area contributed by atoms with E-state index in [4.69, 9.17) is 17.3 Å². The van der Waals surface area contributed by atoms with Crippen LogP contribution >= 0.6 is 11.6 Å².